The first-order valence-corrected chi connectivity index (χ1v) is 6.80. The van der Waals surface area contributed by atoms with Crippen LogP contribution in [0.3, 0.4) is 0 Å². The number of amides is 1. The molecule has 0 aromatic heterocycles. The zero-order valence-electron chi connectivity index (χ0n) is 10.6. The summed E-state index contributed by atoms with van der Waals surface area (Å²) in [5.74, 6) is 0.844. The van der Waals surface area contributed by atoms with Crippen LogP contribution in [-0.2, 0) is 4.79 Å². The molecule has 2 rings (SSSR count). The van der Waals surface area contributed by atoms with E-state index in [1.165, 1.54) is 0 Å². The molecule has 0 N–H and O–H groups in total. The summed E-state index contributed by atoms with van der Waals surface area (Å²) < 4.78 is 0. The molecule has 94 valence electrons. The Morgan fingerprint density at radius 1 is 1.39 bits per heavy atom. The second-order valence-corrected chi connectivity index (χ2v) is 5.26. The molecule has 0 bridgehead atoms. The van der Waals surface area contributed by atoms with Gasteiger partial charge in [0.05, 0.1) is 11.7 Å². The van der Waals surface area contributed by atoms with E-state index in [1.54, 1.807) is 23.6 Å². The molecule has 4 heteroatoms. The van der Waals surface area contributed by atoms with Gasteiger partial charge < -0.3 is 0 Å². The maximum atomic E-state index is 11.8. The lowest BCUT2D eigenvalue weighted by atomic mass is 10.2. The van der Waals surface area contributed by atoms with Crippen molar-refractivity contribution in [2.45, 2.75) is 19.9 Å². The van der Waals surface area contributed by atoms with Gasteiger partial charge in [-0.25, -0.2) is 0 Å². The number of aliphatic imine (C=N–C) groups is 1. The number of carbonyl (C=O) groups excluding carboxylic acids is 1. The van der Waals surface area contributed by atoms with E-state index in [0.717, 1.165) is 22.2 Å². The highest BCUT2D eigenvalue weighted by Gasteiger charge is 2.26. The van der Waals surface area contributed by atoms with Gasteiger partial charge in [-0.3, -0.25) is 14.7 Å². The topological polar surface area (TPSA) is 32.7 Å². The maximum absolute atomic E-state index is 11.8. The van der Waals surface area contributed by atoms with Crippen molar-refractivity contribution in [1.29, 1.82) is 0 Å². The molecule has 0 saturated carbocycles. The molecule has 0 fully saturated rings. The smallest absolute Gasteiger partial charge is 0.230 e. The Hall–Kier alpha value is -1.55. The number of nitrogens with zero attached hydrogens (tertiary/aromatic N) is 2. The molecule has 1 heterocycles. The second-order valence-electron chi connectivity index (χ2n) is 4.27. The largest absolute Gasteiger partial charge is 0.274 e. The zero-order valence-corrected chi connectivity index (χ0v) is 11.4. The minimum Gasteiger partial charge on any atom is -0.274 e. The Morgan fingerprint density at radius 2 is 2.06 bits per heavy atom. The third-order valence-electron chi connectivity index (χ3n) is 2.73. The predicted octanol–water partition coefficient (Wildman–Crippen LogP) is 3.09. The summed E-state index contributed by atoms with van der Waals surface area (Å²) in [4.78, 5) is 18.0. The summed E-state index contributed by atoms with van der Waals surface area (Å²) in [6, 6.07) is 9.72. The highest BCUT2D eigenvalue weighted by molar-refractivity contribution is 8.14. The van der Waals surface area contributed by atoms with Crippen LogP contribution in [0.5, 0.6) is 0 Å². The van der Waals surface area contributed by atoms with Crippen molar-refractivity contribution >= 4 is 28.5 Å². The van der Waals surface area contributed by atoms with Gasteiger partial charge in [-0.15, -0.1) is 0 Å². The van der Waals surface area contributed by atoms with Crippen molar-refractivity contribution < 1.29 is 4.79 Å². The van der Waals surface area contributed by atoms with Crippen molar-refractivity contribution in [3.63, 3.8) is 0 Å². The summed E-state index contributed by atoms with van der Waals surface area (Å²) in [5, 5.41) is 0.765. The average molecular weight is 260 g/mol. The van der Waals surface area contributed by atoms with Gasteiger partial charge in [-0.2, -0.15) is 0 Å². The van der Waals surface area contributed by atoms with E-state index in [2.05, 4.69) is 11.6 Å². The summed E-state index contributed by atoms with van der Waals surface area (Å²) in [7, 11) is 0. The lowest BCUT2D eigenvalue weighted by Gasteiger charge is -2.19. The highest BCUT2D eigenvalue weighted by Crippen LogP contribution is 2.27. The summed E-state index contributed by atoms with van der Waals surface area (Å²) in [6.45, 7) is 7.45. The molecule has 1 aromatic carbocycles. The molecule has 3 nitrogen and oxygen atoms in total. The first-order valence-electron chi connectivity index (χ1n) is 5.81. The number of carbonyl (C=O) groups is 1. The number of amidine groups is 1. The van der Waals surface area contributed by atoms with E-state index in [-0.39, 0.29) is 11.9 Å². The summed E-state index contributed by atoms with van der Waals surface area (Å²) in [5.41, 5.74) is 1.90. The molecule has 1 amide bonds. The minimum atomic E-state index is -0.0187. The lowest BCUT2D eigenvalue weighted by Crippen LogP contribution is -2.32. The van der Waals surface area contributed by atoms with Crippen molar-refractivity contribution in [2.24, 2.45) is 4.99 Å². The van der Waals surface area contributed by atoms with Crippen LogP contribution in [0.2, 0.25) is 0 Å². The van der Waals surface area contributed by atoms with Crippen LogP contribution in [0.25, 0.3) is 0 Å². The lowest BCUT2D eigenvalue weighted by molar-refractivity contribution is -0.115. The van der Waals surface area contributed by atoms with E-state index in [9.17, 15) is 4.79 Å². The molecule has 0 unspecified atom stereocenters. The zero-order chi connectivity index (χ0) is 13.1. The molecule has 1 aromatic rings. The van der Waals surface area contributed by atoms with Gasteiger partial charge >= 0.3 is 0 Å². The van der Waals surface area contributed by atoms with Crippen molar-refractivity contribution in [3.05, 3.63) is 42.5 Å². The number of benzene rings is 1. The third-order valence-corrected chi connectivity index (χ3v) is 3.75. The van der Waals surface area contributed by atoms with E-state index in [0.29, 0.717) is 0 Å². The number of hydrogen-bond donors (Lipinski definition) is 0. The van der Waals surface area contributed by atoms with Crippen molar-refractivity contribution in [3.8, 4) is 0 Å². The normalized spacial score (nSPS) is 18.3. The molecule has 0 aliphatic carbocycles. The first kappa shape index (κ1) is 12.9. The summed E-state index contributed by atoms with van der Waals surface area (Å²) >= 11 is 1.60. The SMILES string of the molecule is C=C(C)[C@@H]1CSC(N(C(C)=O)c2ccccc2)=N1. The summed E-state index contributed by atoms with van der Waals surface area (Å²) in [6.07, 6.45) is 0. The Morgan fingerprint density at radius 3 is 2.56 bits per heavy atom. The quantitative estimate of drug-likeness (QED) is 0.765. The number of hydrogen-bond acceptors (Lipinski definition) is 3. The number of para-hydroxylation sites is 1. The number of rotatable bonds is 2. The Balaban J connectivity index is 2.31. The van der Waals surface area contributed by atoms with E-state index in [4.69, 9.17) is 0 Å². The number of anilines is 1. The van der Waals surface area contributed by atoms with Crippen molar-refractivity contribution in [1.82, 2.24) is 0 Å². The molecule has 1 atom stereocenters. The van der Waals surface area contributed by atoms with Crippen LogP contribution in [0.15, 0.2) is 47.5 Å². The standard InChI is InChI=1S/C14H16N2OS/c1-10(2)13-9-18-14(15-13)16(11(3)17)12-7-5-4-6-8-12/h4-8,13H,1,9H2,2-3H3/t13-/m0/s1. The van der Waals surface area contributed by atoms with Gasteiger partial charge in [0.25, 0.3) is 0 Å². The fourth-order valence-corrected chi connectivity index (χ4v) is 2.97. The molecule has 0 saturated heterocycles. The number of thioether (sulfide) groups is 1. The van der Waals surface area contributed by atoms with Crippen LogP contribution >= 0.6 is 11.8 Å². The molecule has 1 aliphatic heterocycles. The fraction of sp³-hybridized carbons (Fsp3) is 0.286. The molecule has 1 aliphatic rings. The molecule has 0 spiro atoms. The van der Waals surface area contributed by atoms with Crippen molar-refractivity contribution in [2.75, 3.05) is 10.7 Å². The fourth-order valence-electron chi connectivity index (χ4n) is 1.74. The van der Waals surface area contributed by atoms with Crippen LogP contribution < -0.4 is 4.90 Å². The third kappa shape index (κ3) is 2.64. The van der Waals surface area contributed by atoms with Gasteiger partial charge in [0.15, 0.2) is 5.17 Å². The monoisotopic (exact) mass is 260 g/mol. The van der Waals surface area contributed by atoms with E-state index >= 15 is 0 Å². The van der Waals surface area contributed by atoms with Gasteiger partial charge in [0.1, 0.15) is 0 Å². The van der Waals surface area contributed by atoms with Crippen LogP contribution in [-0.4, -0.2) is 22.9 Å². The Labute approximate surface area is 112 Å². The van der Waals surface area contributed by atoms with Gasteiger partial charge in [0, 0.05) is 12.7 Å². The second kappa shape index (κ2) is 5.40. The van der Waals surface area contributed by atoms with Crippen LogP contribution in [0, 0.1) is 0 Å². The Kier molecular flexibility index (Phi) is 3.87. The average Bonchev–Trinajstić information content (AvgIpc) is 2.79. The highest BCUT2D eigenvalue weighted by atomic mass is 32.2. The molecule has 18 heavy (non-hydrogen) atoms. The molecular weight excluding hydrogens is 244 g/mol. The maximum Gasteiger partial charge on any atom is 0.230 e. The van der Waals surface area contributed by atoms with Crippen LogP contribution in [0.1, 0.15) is 13.8 Å². The van der Waals surface area contributed by atoms with Gasteiger partial charge in [0.2, 0.25) is 5.91 Å². The van der Waals surface area contributed by atoms with Gasteiger partial charge in [-0.05, 0) is 19.1 Å². The minimum absolute atomic E-state index is 0.0187. The molecule has 0 radical (unpaired) electrons. The van der Waals surface area contributed by atoms with Gasteiger partial charge in [-0.1, -0.05) is 42.1 Å². The Bertz CT molecular complexity index is 496. The van der Waals surface area contributed by atoms with E-state index < -0.39 is 0 Å². The predicted molar refractivity (Wildman–Crippen MR) is 78.1 cm³/mol. The van der Waals surface area contributed by atoms with E-state index in [1.807, 2.05) is 37.3 Å². The van der Waals surface area contributed by atoms with Crippen LogP contribution in [0.4, 0.5) is 5.69 Å². The first-order chi connectivity index (χ1) is 8.59. The molecular formula is C14H16N2OS.